The summed E-state index contributed by atoms with van der Waals surface area (Å²) in [4.78, 5) is 0. The lowest BCUT2D eigenvalue weighted by Gasteiger charge is -2.24. The molecule has 0 amide bonds. The molecule has 1 aromatic rings. The van der Waals surface area contributed by atoms with E-state index in [4.69, 9.17) is 0 Å². The molecule has 2 rings (SSSR count). The zero-order chi connectivity index (χ0) is 14.2. The summed E-state index contributed by atoms with van der Waals surface area (Å²) in [5.74, 6) is 0.985. The van der Waals surface area contributed by atoms with Crippen LogP contribution in [0.1, 0.15) is 75.5 Å². The van der Waals surface area contributed by atoms with Crippen molar-refractivity contribution < 1.29 is 0 Å². The van der Waals surface area contributed by atoms with Crippen LogP contribution >= 0.6 is 0 Å². The topological polar surface area (TPSA) is 12.0 Å². The van der Waals surface area contributed by atoms with Crippen molar-refractivity contribution in [2.45, 2.75) is 70.8 Å². The van der Waals surface area contributed by atoms with Crippen LogP contribution in [0, 0.1) is 5.92 Å². The van der Waals surface area contributed by atoms with Gasteiger partial charge in [-0.05, 0) is 43.4 Å². The van der Waals surface area contributed by atoms with Crippen LogP contribution in [0.25, 0.3) is 0 Å². The van der Waals surface area contributed by atoms with E-state index < -0.39 is 0 Å². The van der Waals surface area contributed by atoms with E-state index in [1.54, 1.807) is 0 Å². The third-order valence-electron chi connectivity index (χ3n) is 4.83. The Morgan fingerprint density at radius 1 is 1.20 bits per heavy atom. The highest BCUT2D eigenvalue weighted by atomic mass is 14.9. The first-order valence-electron chi connectivity index (χ1n) is 8.59. The van der Waals surface area contributed by atoms with E-state index in [2.05, 4.69) is 43.6 Å². The first-order chi connectivity index (χ1) is 9.83. The van der Waals surface area contributed by atoms with Crippen molar-refractivity contribution in [3.63, 3.8) is 0 Å². The van der Waals surface area contributed by atoms with Crippen molar-refractivity contribution in [2.24, 2.45) is 5.92 Å². The maximum atomic E-state index is 3.53. The molecule has 1 aliphatic rings. The van der Waals surface area contributed by atoms with Gasteiger partial charge in [0.15, 0.2) is 0 Å². The van der Waals surface area contributed by atoms with Gasteiger partial charge in [0.2, 0.25) is 0 Å². The molecule has 1 nitrogen and oxygen atoms in total. The van der Waals surface area contributed by atoms with Crippen molar-refractivity contribution in [1.82, 2.24) is 5.32 Å². The fraction of sp³-hybridized carbons (Fsp3) is 0.684. The Hall–Kier alpha value is -0.820. The van der Waals surface area contributed by atoms with E-state index in [1.807, 2.05) is 0 Å². The maximum absolute atomic E-state index is 3.53. The molecule has 1 fully saturated rings. The van der Waals surface area contributed by atoms with Crippen LogP contribution < -0.4 is 5.32 Å². The van der Waals surface area contributed by atoms with E-state index in [9.17, 15) is 0 Å². The lowest BCUT2D eigenvalue weighted by molar-refractivity contribution is 0.317. The Bertz CT molecular complexity index is 379. The summed E-state index contributed by atoms with van der Waals surface area (Å²) in [6.45, 7) is 2.26. The molecule has 1 aromatic carbocycles. The van der Waals surface area contributed by atoms with E-state index >= 15 is 0 Å². The van der Waals surface area contributed by atoms with Gasteiger partial charge < -0.3 is 5.32 Å². The third-order valence-corrected chi connectivity index (χ3v) is 4.83. The van der Waals surface area contributed by atoms with Gasteiger partial charge in [-0.3, -0.25) is 0 Å². The van der Waals surface area contributed by atoms with Crippen molar-refractivity contribution in [3.8, 4) is 0 Å². The minimum Gasteiger partial charge on any atom is -0.313 e. The van der Waals surface area contributed by atoms with Crippen LogP contribution in [-0.2, 0) is 6.42 Å². The second kappa shape index (κ2) is 8.46. The third kappa shape index (κ3) is 4.63. The van der Waals surface area contributed by atoms with Crippen LogP contribution in [0.15, 0.2) is 24.3 Å². The van der Waals surface area contributed by atoms with Gasteiger partial charge in [-0.25, -0.2) is 0 Å². The molecule has 0 bridgehead atoms. The average Bonchev–Trinajstić information content (AvgIpc) is 2.50. The van der Waals surface area contributed by atoms with Gasteiger partial charge in [0.1, 0.15) is 0 Å². The molecule has 1 N–H and O–H groups in total. The molecule has 20 heavy (non-hydrogen) atoms. The molecule has 1 saturated carbocycles. The minimum absolute atomic E-state index is 0.536. The molecule has 112 valence electrons. The van der Waals surface area contributed by atoms with Crippen LogP contribution in [0.2, 0.25) is 0 Å². The normalized spacial score (nSPS) is 18.1. The molecule has 0 aromatic heterocycles. The Kier molecular flexibility index (Phi) is 6.59. The summed E-state index contributed by atoms with van der Waals surface area (Å²) >= 11 is 0. The molecule has 0 saturated heterocycles. The number of rotatable bonds is 7. The molecular formula is C19H31N. The number of aryl methyl sites for hydroxylation is 1. The van der Waals surface area contributed by atoms with Crippen molar-refractivity contribution in [2.75, 3.05) is 7.05 Å². The van der Waals surface area contributed by atoms with E-state index in [0.29, 0.717) is 6.04 Å². The Balaban J connectivity index is 1.91. The number of benzene rings is 1. The molecule has 1 heteroatoms. The van der Waals surface area contributed by atoms with Crippen molar-refractivity contribution in [1.29, 1.82) is 0 Å². The van der Waals surface area contributed by atoms with Crippen LogP contribution in [-0.4, -0.2) is 7.05 Å². The van der Waals surface area contributed by atoms with Gasteiger partial charge in [0.05, 0.1) is 0 Å². The summed E-state index contributed by atoms with van der Waals surface area (Å²) in [5.41, 5.74) is 2.97. The van der Waals surface area contributed by atoms with E-state index in [1.165, 1.54) is 68.9 Å². The maximum Gasteiger partial charge on any atom is 0.0317 e. The number of nitrogens with one attached hydrogen (secondary N) is 1. The lowest BCUT2D eigenvalue weighted by Crippen LogP contribution is -2.18. The van der Waals surface area contributed by atoms with Gasteiger partial charge >= 0.3 is 0 Å². The van der Waals surface area contributed by atoms with Gasteiger partial charge in [0, 0.05) is 6.04 Å². The Morgan fingerprint density at radius 2 is 2.00 bits per heavy atom. The summed E-state index contributed by atoms with van der Waals surface area (Å²) < 4.78 is 0. The van der Waals surface area contributed by atoms with Gasteiger partial charge in [-0.1, -0.05) is 69.7 Å². The molecule has 0 radical (unpaired) electrons. The predicted octanol–water partition coefficient (Wildman–Crippen LogP) is 5.26. The monoisotopic (exact) mass is 273 g/mol. The number of hydrogen-bond acceptors (Lipinski definition) is 1. The predicted molar refractivity (Wildman–Crippen MR) is 88.0 cm³/mol. The van der Waals surface area contributed by atoms with Gasteiger partial charge in [-0.15, -0.1) is 0 Å². The lowest BCUT2D eigenvalue weighted by atomic mass is 9.84. The first-order valence-corrected chi connectivity index (χ1v) is 8.59. The fourth-order valence-electron chi connectivity index (χ4n) is 3.61. The summed E-state index contributed by atoms with van der Waals surface area (Å²) in [5, 5.41) is 3.53. The van der Waals surface area contributed by atoms with Crippen LogP contribution in [0.4, 0.5) is 0 Å². The zero-order valence-corrected chi connectivity index (χ0v) is 13.3. The van der Waals surface area contributed by atoms with Crippen LogP contribution in [0.5, 0.6) is 0 Å². The highest BCUT2D eigenvalue weighted by Crippen LogP contribution is 2.30. The van der Waals surface area contributed by atoms with E-state index in [-0.39, 0.29) is 0 Å². The smallest absolute Gasteiger partial charge is 0.0317 e. The molecule has 0 spiro atoms. The zero-order valence-electron chi connectivity index (χ0n) is 13.3. The fourth-order valence-corrected chi connectivity index (χ4v) is 3.61. The highest BCUT2D eigenvalue weighted by Gasteiger charge is 2.16. The molecule has 1 aliphatic carbocycles. The molecule has 0 aliphatic heterocycles. The Morgan fingerprint density at radius 3 is 2.70 bits per heavy atom. The minimum atomic E-state index is 0.536. The van der Waals surface area contributed by atoms with Crippen LogP contribution in [0.3, 0.4) is 0 Å². The molecule has 1 unspecified atom stereocenters. The Labute approximate surface area is 125 Å². The second-order valence-electron chi connectivity index (χ2n) is 6.42. The molecule has 0 heterocycles. The van der Waals surface area contributed by atoms with Gasteiger partial charge in [0.25, 0.3) is 0 Å². The van der Waals surface area contributed by atoms with E-state index in [0.717, 1.165) is 5.92 Å². The highest BCUT2D eigenvalue weighted by molar-refractivity contribution is 5.26. The SMILES string of the molecule is CCCc1cccc(C(CCC2CCCCC2)NC)c1. The average molecular weight is 273 g/mol. The quantitative estimate of drug-likeness (QED) is 0.714. The number of hydrogen-bond donors (Lipinski definition) is 1. The summed E-state index contributed by atoms with van der Waals surface area (Å²) in [6.07, 6.45) is 12.4. The van der Waals surface area contributed by atoms with Crippen molar-refractivity contribution in [3.05, 3.63) is 35.4 Å². The van der Waals surface area contributed by atoms with Gasteiger partial charge in [-0.2, -0.15) is 0 Å². The molecule has 1 atom stereocenters. The standard InChI is InChI=1S/C19H31N/c1-3-8-17-11-7-12-18(15-17)19(20-2)14-13-16-9-5-4-6-10-16/h7,11-12,15-16,19-20H,3-6,8-10,13-14H2,1-2H3. The van der Waals surface area contributed by atoms with Crippen molar-refractivity contribution >= 4 is 0 Å². The second-order valence-corrected chi connectivity index (χ2v) is 6.42. The summed E-state index contributed by atoms with van der Waals surface area (Å²) in [6, 6.07) is 9.73. The molecular weight excluding hydrogens is 242 g/mol. The summed E-state index contributed by atoms with van der Waals surface area (Å²) in [7, 11) is 2.11. The largest absolute Gasteiger partial charge is 0.313 e. The first kappa shape index (κ1) is 15.6.